The summed E-state index contributed by atoms with van der Waals surface area (Å²) in [7, 11) is 1.59. The molecule has 0 aromatic heterocycles. The Kier molecular flexibility index (Phi) is 3.91. The quantitative estimate of drug-likeness (QED) is 0.898. The van der Waals surface area contributed by atoms with Crippen molar-refractivity contribution in [1.29, 1.82) is 0 Å². The second kappa shape index (κ2) is 5.98. The highest BCUT2D eigenvalue weighted by Crippen LogP contribution is 2.44. The molecule has 0 bridgehead atoms. The van der Waals surface area contributed by atoms with Crippen LogP contribution in [0.15, 0.2) is 23.2 Å². The predicted molar refractivity (Wildman–Crippen MR) is 89.6 cm³/mol. The summed E-state index contributed by atoms with van der Waals surface area (Å²) in [5.74, 6) is 0.183. The number of fused-ring (bicyclic) bond motifs is 1. The maximum atomic E-state index is 14.7. The largest absolute Gasteiger partial charge is 0.493 e. The molecule has 2 N–H and O–H groups in total. The molecule has 1 amide bonds. The first-order chi connectivity index (χ1) is 12.0. The van der Waals surface area contributed by atoms with Crippen molar-refractivity contribution >= 4 is 11.9 Å². The Balaban J connectivity index is 1.76. The molecule has 1 aliphatic carbocycles. The van der Waals surface area contributed by atoms with Crippen molar-refractivity contribution in [3.63, 3.8) is 0 Å². The average Bonchev–Trinajstić information content (AvgIpc) is 3.43. The molecule has 1 aromatic rings. The van der Waals surface area contributed by atoms with Gasteiger partial charge < -0.3 is 15.2 Å². The number of ether oxygens (including phenoxy) is 2. The van der Waals surface area contributed by atoms with Gasteiger partial charge >= 0.3 is 0 Å². The molecule has 2 atom stereocenters. The zero-order chi connectivity index (χ0) is 17.6. The van der Waals surface area contributed by atoms with E-state index in [0.29, 0.717) is 36.9 Å². The summed E-state index contributed by atoms with van der Waals surface area (Å²) in [5.41, 5.74) is 5.12. The lowest BCUT2D eigenvalue weighted by molar-refractivity contribution is -0.140. The summed E-state index contributed by atoms with van der Waals surface area (Å²) < 4.78 is 26.1. The summed E-state index contributed by atoms with van der Waals surface area (Å²) in [6, 6.07) is 4.63. The molecular formula is C18H22FN3O3. The SMILES string of the molecule is CN1C(=O)[C@@H]2CCOC[C@]2(c2cc(OCC3CC3)ccc2F)N=C1N. The number of amides is 1. The number of aliphatic imine (C=N–C) groups is 1. The molecule has 3 aliphatic rings. The molecule has 2 heterocycles. The minimum Gasteiger partial charge on any atom is -0.493 e. The highest BCUT2D eigenvalue weighted by molar-refractivity contribution is 6.00. The van der Waals surface area contributed by atoms with Crippen LogP contribution in [-0.4, -0.2) is 43.6 Å². The molecule has 1 saturated carbocycles. The fourth-order valence-electron chi connectivity index (χ4n) is 3.58. The van der Waals surface area contributed by atoms with Gasteiger partial charge in [0.15, 0.2) is 5.96 Å². The number of hydrogen-bond acceptors (Lipinski definition) is 5. The fourth-order valence-corrected chi connectivity index (χ4v) is 3.58. The molecule has 134 valence electrons. The van der Waals surface area contributed by atoms with Crippen LogP contribution in [0.5, 0.6) is 5.75 Å². The van der Waals surface area contributed by atoms with E-state index in [1.54, 1.807) is 19.2 Å². The van der Waals surface area contributed by atoms with Crippen molar-refractivity contribution < 1.29 is 18.7 Å². The van der Waals surface area contributed by atoms with Crippen LogP contribution in [0, 0.1) is 17.7 Å². The minimum atomic E-state index is -1.13. The molecule has 2 fully saturated rings. The van der Waals surface area contributed by atoms with Crippen LogP contribution in [0.1, 0.15) is 24.8 Å². The van der Waals surface area contributed by atoms with E-state index in [4.69, 9.17) is 15.2 Å². The lowest BCUT2D eigenvalue weighted by atomic mass is 9.74. The van der Waals surface area contributed by atoms with Gasteiger partial charge in [0, 0.05) is 19.2 Å². The Bertz CT molecular complexity index is 734. The van der Waals surface area contributed by atoms with Crippen molar-refractivity contribution in [3.05, 3.63) is 29.6 Å². The molecular weight excluding hydrogens is 325 g/mol. The van der Waals surface area contributed by atoms with E-state index in [2.05, 4.69) is 4.99 Å². The van der Waals surface area contributed by atoms with E-state index in [-0.39, 0.29) is 18.5 Å². The van der Waals surface area contributed by atoms with Gasteiger partial charge in [-0.1, -0.05) is 0 Å². The average molecular weight is 347 g/mol. The molecule has 1 saturated heterocycles. The Morgan fingerprint density at radius 2 is 2.24 bits per heavy atom. The molecule has 4 rings (SSSR count). The number of nitrogens with zero attached hydrogens (tertiary/aromatic N) is 2. The molecule has 0 spiro atoms. The topological polar surface area (TPSA) is 77.2 Å². The number of rotatable bonds is 4. The summed E-state index contributed by atoms with van der Waals surface area (Å²) in [6.45, 7) is 1.20. The van der Waals surface area contributed by atoms with Crippen LogP contribution in [0.2, 0.25) is 0 Å². The monoisotopic (exact) mass is 347 g/mol. The number of carbonyl (C=O) groups excluding carboxylic acids is 1. The van der Waals surface area contributed by atoms with Crippen molar-refractivity contribution in [2.75, 3.05) is 26.9 Å². The standard InChI is InChI=1S/C18H22FN3O3/c1-22-16(23)13-6-7-24-10-18(13,21-17(22)20)14-8-12(4-5-15(14)19)25-9-11-2-3-11/h4-5,8,11,13H,2-3,6-7,9-10H2,1H3,(H2,20,21)/t13-,18-/m0/s1. The number of carbonyl (C=O) groups is 1. The van der Waals surface area contributed by atoms with Gasteiger partial charge in [-0.3, -0.25) is 9.69 Å². The van der Waals surface area contributed by atoms with Crippen LogP contribution >= 0.6 is 0 Å². The molecule has 0 unspecified atom stereocenters. The molecule has 7 heteroatoms. The van der Waals surface area contributed by atoms with Crippen LogP contribution in [-0.2, 0) is 15.1 Å². The lowest BCUT2D eigenvalue weighted by Crippen LogP contribution is -2.58. The molecule has 0 radical (unpaired) electrons. The van der Waals surface area contributed by atoms with Crippen molar-refractivity contribution in [3.8, 4) is 5.75 Å². The normalized spacial score (nSPS) is 29.2. The van der Waals surface area contributed by atoms with E-state index in [0.717, 1.165) is 0 Å². The lowest BCUT2D eigenvalue weighted by Gasteiger charge is -2.45. The van der Waals surface area contributed by atoms with Crippen LogP contribution < -0.4 is 10.5 Å². The van der Waals surface area contributed by atoms with E-state index in [1.165, 1.54) is 23.8 Å². The third-order valence-corrected chi connectivity index (χ3v) is 5.32. The second-order valence-corrected chi connectivity index (χ2v) is 7.08. The molecule has 6 nitrogen and oxygen atoms in total. The zero-order valence-corrected chi connectivity index (χ0v) is 14.2. The maximum Gasteiger partial charge on any atom is 0.235 e. The Hall–Kier alpha value is -2.15. The minimum absolute atomic E-state index is 0.0791. The number of hydrogen-bond donors (Lipinski definition) is 1. The summed E-state index contributed by atoms with van der Waals surface area (Å²) in [5, 5.41) is 0. The van der Waals surface area contributed by atoms with E-state index < -0.39 is 17.3 Å². The highest BCUT2D eigenvalue weighted by Gasteiger charge is 2.52. The first-order valence-corrected chi connectivity index (χ1v) is 8.65. The van der Waals surface area contributed by atoms with Crippen LogP contribution in [0.3, 0.4) is 0 Å². The van der Waals surface area contributed by atoms with E-state index in [9.17, 15) is 9.18 Å². The third kappa shape index (κ3) is 2.76. The van der Waals surface area contributed by atoms with Crippen molar-refractivity contribution in [2.45, 2.75) is 24.8 Å². The molecule has 2 aliphatic heterocycles. The van der Waals surface area contributed by atoms with Gasteiger partial charge in [-0.15, -0.1) is 0 Å². The first kappa shape index (κ1) is 16.3. The first-order valence-electron chi connectivity index (χ1n) is 8.65. The maximum absolute atomic E-state index is 14.7. The third-order valence-electron chi connectivity index (χ3n) is 5.32. The van der Waals surface area contributed by atoms with Gasteiger partial charge in [-0.2, -0.15) is 0 Å². The number of guanidine groups is 1. The van der Waals surface area contributed by atoms with Gasteiger partial charge in [0.2, 0.25) is 5.91 Å². The molecule has 1 aromatic carbocycles. The Labute approximate surface area is 145 Å². The summed E-state index contributed by atoms with van der Waals surface area (Å²) >= 11 is 0. The fraction of sp³-hybridized carbons (Fsp3) is 0.556. The number of nitrogens with two attached hydrogens (primary N) is 1. The van der Waals surface area contributed by atoms with Crippen molar-refractivity contribution in [1.82, 2.24) is 4.90 Å². The van der Waals surface area contributed by atoms with Crippen LogP contribution in [0.4, 0.5) is 4.39 Å². The predicted octanol–water partition coefficient (Wildman–Crippen LogP) is 1.63. The summed E-state index contributed by atoms with van der Waals surface area (Å²) in [6.07, 6.45) is 2.83. The summed E-state index contributed by atoms with van der Waals surface area (Å²) in [4.78, 5) is 18.6. The van der Waals surface area contributed by atoms with Crippen molar-refractivity contribution in [2.24, 2.45) is 22.6 Å². The smallest absolute Gasteiger partial charge is 0.235 e. The van der Waals surface area contributed by atoms with Gasteiger partial charge in [-0.05, 0) is 43.4 Å². The number of benzene rings is 1. The Morgan fingerprint density at radius 1 is 1.44 bits per heavy atom. The Morgan fingerprint density at radius 3 is 3.00 bits per heavy atom. The zero-order valence-electron chi connectivity index (χ0n) is 14.2. The van der Waals surface area contributed by atoms with Crippen LogP contribution in [0.25, 0.3) is 0 Å². The van der Waals surface area contributed by atoms with E-state index >= 15 is 0 Å². The van der Waals surface area contributed by atoms with Gasteiger partial charge in [0.05, 0.1) is 19.1 Å². The van der Waals surface area contributed by atoms with Gasteiger partial charge in [-0.25, -0.2) is 9.38 Å². The molecule has 25 heavy (non-hydrogen) atoms. The van der Waals surface area contributed by atoms with E-state index in [1.807, 2.05) is 0 Å². The second-order valence-electron chi connectivity index (χ2n) is 7.08. The number of halogens is 1. The highest BCUT2D eigenvalue weighted by atomic mass is 19.1. The van der Waals surface area contributed by atoms with Gasteiger partial charge in [0.1, 0.15) is 17.1 Å². The van der Waals surface area contributed by atoms with Gasteiger partial charge in [0.25, 0.3) is 0 Å².